The van der Waals surface area contributed by atoms with Crippen LogP contribution in [-0.2, 0) is 0 Å². The summed E-state index contributed by atoms with van der Waals surface area (Å²) in [6.07, 6.45) is 2.51. The lowest BCUT2D eigenvalue weighted by molar-refractivity contribution is 0.114. The molecule has 20 heavy (non-hydrogen) atoms. The second kappa shape index (κ2) is 6.99. The van der Waals surface area contributed by atoms with Crippen LogP contribution >= 0.6 is 23.2 Å². The minimum absolute atomic E-state index is 0.383. The first-order chi connectivity index (χ1) is 9.56. The first-order valence-electron chi connectivity index (χ1n) is 6.15. The third kappa shape index (κ3) is 4.15. The molecule has 106 valence electrons. The van der Waals surface area contributed by atoms with Crippen LogP contribution < -0.4 is 0 Å². The number of aliphatic hydroxyl groups is 2. The van der Waals surface area contributed by atoms with Gasteiger partial charge >= 0.3 is 0 Å². The molecule has 4 nitrogen and oxygen atoms in total. The first-order valence-corrected chi connectivity index (χ1v) is 6.91. The van der Waals surface area contributed by atoms with Crippen LogP contribution in [0.25, 0.3) is 0 Å². The Morgan fingerprint density at radius 1 is 0.800 bits per heavy atom. The fourth-order valence-electron chi connectivity index (χ4n) is 1.82. The molecule has 0 aromatic carbocycles. The van der Waals surface area contributed by atoms with Crippen LogP contribution in [0.4, 0.5) is 0 Å². The van der Waals surface area contributed by atoms with Crippen molar-refractivity contribution in [1.29, 1.82) is 0 Å². The van der Waals surface area contributed by atoms with Gasteiger partial charge in [-0.05, 0) is 36.1 Å². The fourth-order valence-corrected chi connectivity index (χ4v) is 2.04. The summed E-state index contributed by atoms with van der Waals surface area (Å²) in [6.45, 7) is 0. The normalized spacial score (nSPS) is 14.0. The molecule has 2 atom stereocenters. The largest absolute Gasteiger partial charge is 0.388 e. The van der Waals surface area contributed by atoms with Gasteiger partial charge in [-0.2, -0.15) is 0 Å². The van der Waals surface area contributed by atoms with Crippen molar-refractivity contribution >= 4 is 23.2 Å². The third-order valence-electron chi connectivity index (χ3n) is 2.98. The molecule has 0 saturated heterocycles. The van der Waals surface area contributed by atoms with E-state index in [4.69, 9.17) is 23.2 Å². The molecule has 0 spiro atoms. The number of hydrogen-bond donors (Lipinski definition) is 2. The SMILES string of the molecule is OC(CCC(O)c1ccc(Cl)nc1)c1ccc(Cl)nc1. The van der Waals surface area contributed by atoms with Gasteiger partial charge in [-0.1, -0.05) is 35.3 Å². The van der Waals surface area contributed by atoms with Crippen LogP contribution in [0.1, 0.15) is 36.2 Å². The summed E-state index contributed by atoms with van der Waals surface area (Å²) in [5, 5.41) is 20.8. The maximum absolute atomic E-state index is 10.0. The molecule has 2 rings (SSSR count). The maximum Gasteiger partial charge on any atom is 0.129 e. The van der Waals surface area contributed by atoms with Crippen molar-refractivity contribution in [2.75, 3.05) is 0 Å². The zero-order chi connectivity index (χ0) is 14.5. The lowest BCUT2D eigenvalue weighted by Crippen LogP contribution is -2.03. The van der Waals surface area contributed by atoms with E-state index >= 15 is 0 Å². The van der Waals surface area contributed by atoms with E-state index in [1.807, 2.05) is 0 Å². The zero-order valence-corrected chi connectivity index (χ0v) is 12.1. The smallest absolute Gasteiger partial charge is 0.129 e. The Balaban J connectivity index is 1.91. The molecule has 2 aromatic heterocycles. The summed E-state index contributed by atoms with van der Waals surface area (Å²) in [5.74, 6) is 0. The van der Waals surface area contributed by atoms with E-state index in [9.17, 15) is 10.2 Å². The molecule has 0 aliphatic rings. The van der Waals surface area contributed by atoms with Crippen molar-refractivity contribution in [3.05, 3.63) is 58.1 Å². The van der Waals surface area contributed by atoms with Gasteiger partial charge in [0.25, 0.3) is 0 Å². The van der Waals surface area contributed by atoms with Crippen LogP contribution in [0.5, 0.6) is 0 Å². The molecule has 6 heteroatoms. The third-order valence-corrected chi connectivity index (χ3v) is 3.43. The standard InChI is InChI=1S/C14H14Cl2N2O2/c15-13-5-1-9(7-17-13)11(19)3-4-12(20)10-2-6-14(16)18-8-10/h1-2,5-8,11-12,19-20H,3-4H2. The number of rotatable bonds is 5. The van der Waals surface area contributed by atoms with E-state index in [2.05, 4.69) is 9.97 Å². The number of nitrogens with zero attached hydrogens (tertiary/aromatic N) is 2. The Bertz CT molecular complexity index is 495. The van der Waals surface area contributed by atoms with Gasteiger partial charge in [-0.3, -0.25) is 0 Å². The van der Waals surface area contributed by atoms with Gasteiger partial charge in [0, 0.05) is 12.4 Å². The van der Waals surface area contributed by atoms with Crippen molar-refractivity contribution in [2.45, 2.75) is 25.0 Å². The Hall–Kier alpha value is -1.20. The van der Waals surface area contributed by atoms with E-state index in [1.54, 1.807) is 24.3 Å². The highest BCUT2D eigenvalue weighted by molar-refractivity contribution is 6.29. The molecule has 2 heterocycles. The van der Waals surface area contributed by atoms with Crippen LogP contribution in [-0.4, -0.2) is 20.2 Å². The van der Waals surface area contributed by atoms with E-state index in [0.29, 0.717) is 34.3 Å². The average Bonchev–Trinajstić information content (AvgIpc) is 2.46. The highest BCUT2D eigenvalue weighted by Crippen LogP contribution is 2.25. The fraction of sp³-hybridized carbons (Fsp3) is 0.286. The highest BCUT2D eigenvalue weighted by Gasteiger charge is 2.13. The number of aromatic nitrogens is 2. The summed E-state index contributed by atoms with van der Waals surface area (Å²) in [7, 11) is 0. The van der Waals surface area contributed by atoms with Crippen LogP contribution in [0.15, 0.2) is 36.7 Å². The van der Waals surface area contributed by atoms with Crippen LogP contribution in [0, 0.1) is 0 Å². The molecule has 0 saturated carbocycles. The summed E-state index contributed by atoms with van der Waals surface area (Å²) >= 11 is 11.4. The topological polar surface area (TPSA) is 66.2 Å². The van der Waals surface area contributed by atoms with Crippen molar-refractivity contribution in [3.8, 4) is 0 Å². The van der Waals surface area contributed by atoms with E-state index < -0.39 is 12.2 Å². The van der Waals surface area contributed by atoms with Crippen molar-refractivity contribution in [1.82, 2.24) is 9.97 Å². The summed E-state index contributed by atoms with van der Waals surface area (Å²) in [4.78, 5) is 7.83. The minimum Gasteiger partial charge on any atom is -0.388 e. The Labute approximate surface area is 127 Å². The van der Waals surface area contributed by atoms with E-state index in [0.717, 1.165) is 0 Å². The van der Waals surface area contributed by atoms with Gasteiger partial charge in [-0.15, -0.1) is 0 Å². The molecule has 0 fully saturated rings. The molecule has 0 bridgehead atoms. The lowest BCUT2D eigenvalue weighted by atomic mass is 10.0. The highest BCUT2D eigenvalue weighted by atomic mass is 35.5. The molecular weight excluding hydrogens is 299 g/mol. The van der Waals surface area contributed by atoms with Gasteiger partial charge in [0.05, 0.1) is 12.2 Å². The van der Waals surface area contributed by atoms with Gasteiger partial charge in [0.1, 0.15) is 10.3 Å². The summed E-state index contributed by atoms with van der Waals surface area (Å²) in [5.41, 5.74) is 1.35. The predicted octanol–water partition coefficient (Wildman–Crippen LogP) is 3.33. The van der Waals surface area contributed by atoms with Gasteiger partial charge < -0.3 is 10.2 Å². The monoisotopic (exact) mass is 312 g/mol. The van der Waals surface area contributed by atoms with E-state index in [-0.39, 0.29) is 0 Å². The maximum atomic E-state index is 10.0. The molecule has 2 aromatic rings. The van der Waals surface area contributed by atoms with Crippen molar-refractivity contribution in [3.63, 3.8) is 0 Å². The molecule has 0 aliphatic heterocycles. The quantitative estimate of drug-likeness (QED) is 0.831. The molecule has 0 radical (unpaired) electrons. The molecular formula is C14H14Cl2N2O2. The summed E-state index contributed by atoms with van der Waals surface area (Å²) < 4.78 is 0. The summed E-state index contributed by atoms with van der Waals surface area (Å²) in [6, 6.07) is 6.69. The van der Waals surface area contributed by atoms with Gasteiger partial charge in [0.2, 0.25) is 0 Å². The lowest BCUT2D eigenvalue weighted by Gasteiger charge is -2.14. The van der Waals surface area contributed by atoms with Gasteiger partial charge in [-0.25, -0.2) is 9.97 Å². The van der Waals surface area contributed by atoms with Crippen molar-refractivity contribution in [2.24, 2.45) is 0 Å². The predicted molar refractivity (Wildman–Crippen MR) is 77.6 cm³/mol. The number of pyridine rings is 2. The number of aliphatic hydroxyl groups excluding tert-OH is 2. The van der Waals surface area contributed by atoms with Crippen LogP contribution in [0.3, 0.4) is 0 Å². The van der Waals surface area contributed by atoms with Gasteiger partial charge in [0.15, 0.2) is 0 Å². The average molecular weight is 313 g/mol. The second-order valence-electron chi connectivity index (χ2n) is 4.44. The van der Waals surface area contributed by atoms with Crippen LogP contribution in [0.2, 0.25) is 10.3 Å². The molecule has 2 N–H and O–H groups in total. The molecule has 0 amide bonds. The van der Waals surface area contributed by atoms with E-state index in [1.165, 1.54) is 12.4 Å². The molecule has 2 unspecified atom stereocenters. The Kier molecular flexibility index (Phi) is 5.31. The number of hydrogen-bond acceptors (Lipinski definition) is 4. The zero-order valence-electron chi connectivity index (χ0n) is 10.6. The Morgan fingerprint density at radius 2 is 1.20 bits per heavy atom. The minimum atomic E-state index is -0.685. The number of halogens is 2. The molecule has 0 aliphatic carbocycles. The van der Waals surface area contributed by atoms with Crippen molar-refractivity contribution < 1.29 is 10.2 Å². The second-order valence-corrected chi connectivity index (χ2v) is 5.21. The first kappa shape index (κ1) is 15.2. The Morgan fingerprint density at radius 3 is 1.50 bits per heavy atom.